The van der Waals surface area contributed by atoms with Crippen LogP contribution >= 0.6 is 0 Å². The molecule has 0 spiro atoms. The van der Waals surface area contributed by atoms with Crippen molar-refractivity contribution in [3.63, 3.8) is 0 Å². The first-order valence-electron chi connectivity index (χ1n) is 6.33. The Hall–Kier alpha value is -1.89. The molecule has 1 heteroatoms. The SMILES string of the molecule is C=CC1=[N+](C)c2ccc3ccccc3c2C1(C)C. The lowest BCUT2D eigenvalue weighted by atomic mass is 9.79. The van der Waals surface area contributed by atoms with Crippen molar-refractivity contribution >= 4 is 22.2 Å². The monoisotopic (exact) mass is 236 g/mol. The molecule has 0 N–H and O–H groups in total. The van der Waals surface area contributed by atoms with Gasteiger partial charge in [-0.1, -0.05) is 30.8 Å². The third-order valence-corrected chi connectivity index (χ3v) is 4.09. The maximum atomic E-state index is 3.97. The van der Waals surface area contributed by atoms with Gasteiger partial charge in [-0.25, -0.2) is 0 Å². The van der Waals surface area contributed by atoms with Gasteiger partial charge in [0.1, 0.15) is 7.05 Å². The highest BCUT2D eigenvalue weighted by molar-refractivity contribution is 6.07. The molecular formula is C17H18N+. The van der Waals surface area contributed by atoms with Gasteiger partial charge in [-0.05, 0) is 36.8 Å². The Balaban J connectivity index is 2.45. The maximum absolute atomic E-state index is 3.97. The van der Waals surface area contributed by atoms with E-state index >= 15 is 0 Å². The predicted molar refractivity (Wildman–Crippen MR) is 78.0 cm³/mol. The van der Waals surface area contributed by atoms with Crippen LogP contribution in [-0.4, -0.2) is 17.3 Å². The Morgan fingerprint density at radius 1 is 1.11 bits per heavy atom. The summed E-state index contributed by atoms with van der Waals surface area (Å²) in [5.41, 5.74) is 4.01. The normalized spacial score (nSPS) is 17.1. The van der Waals surface area contributed by atoms with Crippen molar-refractivity contribution in [2.75, 3.05) is 7.05 Å². The Bertz CT molecular complexity index is 690. The summed E-state index contributed by atoms with van der Waals surface area (Å²) in [6.45, 7) is 8.53. The lowest BCUT2D eigenvalue weighted by molar-refractivity contribution is -0.401. The van der Waals surface area contributed by atoms with Crippen molar-refractivity contribution in [2.24, 2.45) is 0 Å². The van der Waals surface area contributed by atoms with Gasteiger partial charge >= 0.3 is 0 Å². The minimum absolute atomic E-state index is 0.0205. The van der Waals surface area contributed by atoms with Crippen molar-refractivity contribution in [2.45, 2.75) is 19.3 Å². The van der Waals surface area contributed by atoms with E-state index in [1.165, 1.54) is 27.7 Å². The van der Waals surface area contributed by atoms with Crippen molar-refractivity contribution in [1.82, 2.24) is 0 Å². The van der Waals surface area contributed by atoms with E-state index < -0.39 is 0 Å². The molecule has 1 aliphatic rings. The quantitative estimate of drug-likeness (QED) is 0.658. The molecule has 1 heterocycles. The van der Waals surface area contributed by atoms with Gasteiger partial charge in [-0.3, -0.25) is 0 Å². The minimum Gasteiger partial charge on any atom is -0.198 e. The smallest absolute Gasteiger partial charge is 0.198 e. The summed E-state index contributed by atoms with van der Waals surface area (Å²) < 4.78 is 2.26. The number of fused-ring (bicyclic) bond motifs is 3. The molecule has 0 fully saturated rings. The van der Waals surface area contributed by atoms with E-state index in [2.05, 4.69) is 68.4 Å². The fraction of sp³-hybridized carbons (Fsp3) is 0.235. The number of benzene rings is 2. The van der Waals surface area contributed by atoms with Crippen LogP contribution in [0.5, 0.6) is 0 Å². The first-order chi connectivity index (χ1) is 8.57. The van der Waals surface area contributed by atoms with Crippen LogP contribution in [0.3, 0.4) is 0 Å². The maximum Gasteiger partial charge on any atom is 0.210 e. The molecule has 1 nitrogen and oxygen atoms in total. The van der Waals surface area contributed by atoms with E-state index in [0.29, 0.717) is 0 Å². The summed E-state index contributed by atoms with van der Waals surface area (Å²) in [5, 5.41) is 2.66. The molecule has 1 aliphatic heterocycles. The molecule has 0 amide bonds. The molecule has 3 rings (SSSR count). The van der Waals surface area contributed by atoms with Crippen LogP contribution in [0, 0.1) is 0 Å². The van der Waals surface area contributed by atoms with Gasteiger partial charge in [0.2, 0.25) is 5.69 Å². The summed E-state index contributed by atoms with van der Waals surface area (Å²) in [6, 6.07) is 13.0. The fourth-order valence-electron chi connectivity index (χ4n) is 3.27. The van der Waals surface area contributed by atoms with E-state index in [-0.39, 0.29) is 5.41 Å². The molecule has 0 radical (unpaired) electrons. The van der Waals surface area contributed by atoms with Crippen molar-refractivity contribution in [3.8, 4) is 0 Å². The third kappa shape index (κ3) is 1.25. The van der Waals surface area contributed by atoms with Crippen LogP contribution in [-0.2, 0) is 5.41 Å². The Kier molecular flexibility index (Phi) is 2.21. The van der Waals surface area contributed by atoms with Gasteiger partial charge in [0.15, 0.2) is 5.71 Å². The molecule has 0 atom stereocenters. The fourth-order valence-corrected chi connectivity index (χ4v) is 3.27. The van der Waals surface area contributed by atoms with Gasteiger partial charge in [-0.15, -0.1) is 0 Å². The highest BCUT2D eigenvalue weighted by atomic mass is 15.0. The molecule has 0 saturated carbocycles. The minimum atomic E-state index is 0.0205. The Morgan fingerprint density at radius 3 is 2.56 bits per heavy atom. The number of hydrogen-bond donors (Lipinski definition) is 0. The van der Waals surface area contributed by atoms with Gasteiger partial charge < -0.3 is 0 Å². The van der Waals surface area contributed by atoms with E-state index in [0.717, 1.165) is 0 Å². The zero-order valence-electron chi connectivity index (χ0n) is 11.2. The third-order valence-electron chi connectivity index (χ3n) is 4.09. The number of rotatable bonds is 1. The van der Waals surface area contributed by atoms with Crippen molar-refractivity contribution in [3.05, 3.63) is 54.6 Å². The average molecular weight is 236 g/mol. The average Bonchev–Trinajstić information content (AvgIpc) is 2.56. The first kappa shape index (κ1) is 11.2. The highest BCUT2D eigenvalue weighted by Gasteiger charge is 2.43. The van der Waals surface area contributed by atoms with Gasteiger partial charge in [0.25, 0.3) is 0 Å². The molecule has 18 heavy (non-hydrogen) atoms. The predicted octanol–water partition coefficient (Wildman–Crippen LogP) is 4.03. The van der Waals surface area contributed by atoms with E-state index in [1.54, 1.807) is 0 Å². The molecule has 2 aromatic rings. The van der Waals surface area contributed by atoms with Crippen molar-refractivity contribution in [1.29, 1.82) is 0 Å². The van der Waals surface area contributed by atoms with Crippen LogP contribution in [0.2, 0.25) is 0 Å². The molecule has 0 unspecified atom stereocenters. The number of hydrogen-bond acceptors (Lipinski definition) is 0. The lowest BCUT2D eigenvalue weighted by Gasteiger charge is -2.17. The second kappa shape index (κ2) is 3.55. The van der Waals surface area contributed by atoms with E-state index in [1.807, 2.05) is 6.08 Å². The molecule has 0 bridgehead atoms. The molecule has 0 saturated heterocycles. The summed E-state index contributed by atoms with van der Waals surface area (Å²) in [7, 11) is 2.12. The number of allylic oxidation sites excluding steroid dienone is 1. The van der Waals surface area contributed by atoms with Gasteiger partial charge in [0.05, 0.1) is 5.41 Å². The van der Waals surface area contributed by atoms with Gasteiger partial charge in [-0.2, -0.15) is 4.58 Å². The van der Waals surface area contributed by atoms with E-state index in [9.17, 15) is 0 Å². The second-order valence-corrected chi connectivity index (χ2v) is 5.45. The topological polar surface area (TPSA) is 3.01 Å². The standard InChI is InChI=1S/C17H18N/c1-5-15-17(2,3)16-13-9-7-6-8-12(13)10-11-14(16)18(15)4/h5-11H,1H2,2-4H3/q+1. The highest BCUT2D eigenvalue weighted by Crippen LogP contribution is 2.43. The Labute approximate surface area is 108 Å². The van der Waals surface area contributed by atoms with Crippen LogP contribution in [0.1, 0.15) is 19.4 Å². The lowest BCUT2D eigenvalue weighted by Crippen LogP contribution is -2.26. The molecule has 2 aromatic carbocycles. The summed E-state index contributed by atoms with van der Waals surface area (Å²) >= 11 is 0. The zero-order chi connectivity index (χ0) is 12.9. The first-order valence-corrected chi connectivity index (χ1v) is 6.33. The van der Waals surface area contributed by atoms with Crippen LogP contribution in [0.15, 0.2) is 49.1 Å². The molecule has 90 valence electrons. The zero-order valence-corrected chi connectivity index (χ0v) is 11.2. The second-order valence-electron chi connectivity index (χ2n) is 5.45. The number of nitrogens with zero attached hydrogens (tertiary/aromatic N) is 1. The largest absolute Gasteiger partial charge is 0.210 e. The molecular weight excluding hydrogens is 218 g/mol. The van der Waals surface area contributed by atoms with Crippen LogP contribution in [0.4, 0.5) is 5.69 Å². The van der Waals surface area contributed by atoms with E-state index in [4.69, 9.17) is 0 Å². The Morgan fingerprint density at radius 2 is 1.83 bits per heavy atom. The van der Waals surface area contributed by atoms with Crippen LogP contribution < -0.4 is 0 Å². The summed E-state index contributed by atoms with van der Waals surface area (Å²) in [4.78, 5) is 0. The molecule has 0 aromatic heterocycles. The van der Waals surface area contributed by atoms with Gasteiger partial charge in [0, 0.05) is 11.6 Å². The summed E-state index contributed by atoms with van der Waals surface area (Å²) in [6.07, 6.45) is 1.98. The van der Waals surface area contributed by atoms with Crippen LogP contribution in [0.25, 0.3) is 10.8 Å². The summed E-state index contributed by atoms with van der Waals surface area (Å²) in [5.74, 6) is 0. The van der Waals surface area contributed by atoms with Crippen molar-refractivity contribution < 1.29 is 4.58 Å². The molecule has 0 aliphatic carbocycles.